The molecule has 4 rings (SSSR count). The number of aryl methyl sites for hydroxylation is 1. The van der Waals surface area contributed by atoms with Gasteiger partial charge in [0.2, 0.25) is 0 Å². The van der Waals surface area contributed by atoms with Gasteiger partial charge in [-0.2, -0.15) is 5.10 Å². The second kappa shape index (κ2) is 10.9. The highest BCUT2D eigenvalue weighted by Gasteiger charge is 2.15. The maximum atomic E-state index is 13.3. The first-order chi connectivity index (χ1) is 17.0. The summed E-state index contributed by atoms with van der Waals surface area (Å²) in [7, 11) is 0. The number of phenols is 1. The van der Waals surface area contributed by atoms with E-state index in [1.165, 1.54) is 10.8 Å². The highest BCUT2D eigenvalue weighted by molar-refractivity contribution is 7.99. The van der Waals surface area contributed by atoms with Crippen LogP contribution in [0.25, 0.3) is 16.6 Å². The summed E-state index contributed by atoms with van der Waals surface area (Å²) in [4.78, 5) is 30.4. The van der Waals surface area contributed by atoms with Crippen LogP contribution in [0.2, 0.25) is 0 Å². The maximum Gasteiger partial charge on any atom is 0.266 e. The van der Waals surface area contributed by atoms with Crippen LogP contribution in [0.15, 0.2) is 81.8 Å². The van der Waals surface area contributed by atoms with Crippen LogP contribution >= 0.6 is 11.8 Å². The van der Waals surface area contributed by atoms with Crippen molar-refractivity contribution < 1.29 is 14.6 Å². The fraction of sp³-hybridized carbons (Fsp3) is 0.154. The van der Waals surface area contributed by atoms with E-state index in [9.17, 15) is 14.7 Å². The van der Waals surface area contributed by atoms with E-state index >= 15 is 0 Å². The fourth-order valence-corrected chi connectivity index (χ4v) is 4.19. The number of hydrazone groups is 1. The largest absolute Gasteiger partial charge is 0.504 e. The Bertz CT molecular complexity index is 1450. The van der Waals surface area contributed by atoms with E-state index in [2.05, 4.69) is 15.5 Å². The molecule has 0 bridgehead atoms. The van der Waals surface area contributed by atoms with E-state index in [0.717, 1.165) is 17.3 Å². The molecule has 0 spiro atoms. The third kappa shape index (κ3) is 5.52. The Morgan fingerprint density at radius 2 is 1.91 bits per heavy atom. The normalized spacial score (nSPS) is 11.1. The molecule has 4 aromatic rings. The molecule has 3 aromatic carbocycles. The number of amides is 1. The van der Waals surface area contributed by atoms with Crippen molar-refractivity contribution in [1.29, 1.82) is 0 Å². The topological polar surface area (TPSA) is 106 Å². The van der Waals surface area contributed by atoms with Gasteiger partial charge in [0.25, 0.3) is 11.5 Å². The number of rotatable bonds is 8. The third-order valence-corrected chi connectivity index (χ3v) is 6.03. The molecule has 0 radical (unpaired) electrons. The number of thioether (sulfide) groups is 1. The van der Waals surface area contributed by atoms with Gasteiger partial charge in [-0.25, -0.2) is 10.4 Å². The smallest absolute Gasteiger partial charge is 0.266 e. The highest BCUT2D eigenvalue weighted by Crippen LogP contribution is 2.28. The number of aromatic nitrogens is 2. The summed E-state index contributed by atoms with van der Waals surface area (Å²) in [5, 5.41) is 15.1. The lowest BCUT2D eigenvalue weighted by atomic mass is 10.2. The van der Waals surface area contributed by atoms with Crippen LogP contribution in [0.4, 0.5) is 0 Å². The van der Waals surface area contributed by atoms with Gasteiger partial charge >= 0.3 is 0 Å². The molecular weight excluding hydrogens is 464 g/mol. The molecule has 0 aliphatic heterocycles. The molecule has 0 atom stereocenters. The average Bonchev–Trinajstić information content (AvgIpc) is 2.86. The summed E-state index contributed by atoms with van der Waals surface area (Å²) in [5.74, 6) is -0.109. The number of ether oxygens (including phenoxy) is 1. The summed E-state index contributed by atoms with van der Waals surface area (Å²) in [6.45, 7) is 4.21. The number of carbonyl (C=O) groups excluding carboxylic acids is 1. The SMILES string of the molecule is CCOc1cccc(/C=N\NC(=O)CSc2nc3ccccc3c(=O)n2-c2ccc(C)cc2)c1O. The number of phenolic OH excluding ortho intramolecular Hbond substituents is 1. The molecule has 0 fully saturated rings. The second-order valence-corrected chi connectivity index (χ2v) is 8.54. The third-order valence-electron chi connectivity index (χ3n) is 5.09. The van der Waals surface area contributed by atoms with Crippen molar-refractivity contribution in [2.24, 2.45) is 5.10 Å². The first-order valence-corrected chi connectivity index (χ1v) is 11.9. The van der Waals surface area contributed by atoms with Gasteiger partial charge in [0.05, 0.1) is 35.2 Å². The molecule has 2 N–H and O–H groups in total. The number of hydrogen-bond donors (Lipinski definition) is 2. The van der Waals surface area contributed by atoms with Gasteiger partial charge in [-0.3, -0.25) is 14.2 Å². The van der Waals surface area contributed by atoms with Crippen LogP contribution in [-0.4, -0.2) is 39.1 Å². The molecule has 1 amide bonds. The van der Waals surface area contributed by atoms with E-state index < -0.39 is 0 Å². The zero-order chi connectivity index (χ0) is 24.8. The zero-order valence-electron chi connectivity index (χ0n) is 19.3. The van der Waals surface area contributed by atoms with E-state index in [1.54, 1.807) is 36.4 Å². The number of para-hydroxylation sites is 2. The molecule has 0 aliphatic rings. The molecule has 0 aliphatic carbocycles. The first kappa shape index (κ1) is 24.0. The molecule has 1 aromatic heterocycles. The van der Waals surface area contributed by atoms with Crippen LogP contribution < -0.4 is 15.7 Å². The lowest BCUT2D eigenvalue weighted by Crippen LogP contribution is -2.24. The molecular formula is C26H24N4O4S. The quantitative estimate of drug-likeness (QED) is 0.168. The van der Waals surface area contributed by atoms with Crippen molar-refractivity contribution in [3.05, 3.63) is 88.2 Å². The minimum absolute atomic E-state index is 0.0149. The molecule has 9 heteroatoms. The number of hydrogen-bond acceptors (Lipinski definition) is 7. The van der Waals surface area contributed by atoms with Crippen LogP contribution in [0, 0.1) is 6.92 Å². The van der Waals surface area contributed by atoms with Crippen molar-refractivity contribution in [2.45, 2.75) is 19.0 Å². The number of nitrogens with zero attached hydrogens (tertiary/aromatic N) is 3. The average molecular weight is 489 g/mol. The van der Waals surface area contributed by atoms with Crippen LogP contribution in [0.3, 0.4) is 0 Å². The lowest BCUT2D eigenvalue weighted by molar-refractivity contribution is -0.118. The van der Waals surface area contributed by atoms with Crippen molar-refractivity contribution >= 4 is 34.8 Å². The number of nitrogens with one attached hydrogen (secondary N) is 1. The summed E-state index contributed by atoms with van der Waals surface area (Å²) in [6.07, 6.45) is 1.34. The van der Waals surface area contributed by atoms with E-state index in [0.29, 0.717) is 39.7 Å². The summed E-state index contributed by atoms with van der Waals surface area (Å²) >= 11 is 1.14. The van der Waals surface area contributed by atoms with Crippen LogP contribution in [-0.2, 0) is 4.79 Å². The predicted octanol–water partition coefficient (Wildman–Crippen LogP) is 4.04. The minimum atomic E-state index is -0.385. The van der Waals surface area contributed by atoms with E-state index in [1.807, 2.05) is 44.2 Å². The summed E-state index contributed by atoms with van der Waals surface area (Å²) in [6, 6.07) is 19.7. The van der Waals surface area contributed by atoms with Crippen molar-refractivity contribution in [1.82, 2.24) is 15.0 Å². The Morgan fingerprint density at radius 3 is 2.69 bits per heavy atom. The lowest BCUT2D eigenvalue weighted by Gasteiger charge is -2.13. The van der Waals surface area contributed by atoms with Gasteiger partial charge in [-0.05, 0) is 50.2 Å². The Hall–Kier alpha value is -4.11. The fourth-order valence-electron chi connectivity index (χ4n) is 3.38. The Labute approximate surface area is 206 Å². The molecule has 8 nitrogen and oxygen atoms in total. The van der Waals surface area contributed by atoms with Crippen molar-refractivity contribution in [2.75, 3.05) is 12.4 Å². The van der Waals surface area contributed by atoms with Gasteiger partial charge in [-0.15, -0.1) is 0 Å². The Kier molecular flexibility index (Phi) is 7.47. The molecule has 0 unspecified atom stereocenters. The number of aromatic hydroxyl groups is 1. The minimum Gasteiger partial charge on any atom is -0.504 e. The number of benzene rings is 3. The number of fused-ring (bicyclic) bond motifs is 1. The van der Waals surface area contributed by atoms with Gasteiger partial charge < -0.3 is 9.84 Å². The molecule has 0 saturated carbocycles. The standard InChI is InChI=1S/C26H24N4O4S/c1-3-34-22-10-6-7-18(24(22)32)15-27-29-23(31)16-35-26-28-21-9-5-4-8-20(21)25(33)30(26)19-13-11-17(2)12-14-19/h4-15,32H,3,16H2,1-2H3,(H,29,31)/b27-15-. The summed E-state index contributed by atoms with van der Waals surface area (Å²) in [5.41, 5.74) is 4.95. The molecule has 178 valence electrons. The molecule has 35 heavy (non-hydrogen) atoms. The second-order valence-electron chi connectivity index (χ2n) is 7.60. The van der Waals surface area contributed by atoms with Gasteiger partial charge in [0.15, 0.2) is 16.7 Å². The Balaban J connectivity index is 1.53. The zero-order valence-corrected chi connectivity index (χ0v) is 20.1. The monoisotopic (exact) mass is 488 g/mol. The van der Waals surface area contributed by atoms with E-state index in [4.69, 9.17) is 4.74 Å². The highest BCUT2D eigenvalue weighted by atomic mass is 32.2. The predicted molar refractivity (Wildman–Crippen MR) is 138 cm³/mol. The number of carbonyl (C=O) groups is 1. The van der Waals surface area contributed by atoms with Gasteiger partial charge in [-0.1, -0.05) is 47.7 Å². The molecule has 0 saturated heterocycles. The van der Waals surface area contributed by atoms with Gasteiger partial charge in [0.1, 0.15) is 0 Å². The van der Waals surface area contributed by atoms with Crippen molar-refractivity contribution in [3.8, 4) is 17.2 Å². The van der Waals surface area contributed by atoms with Crippen LogP contribution in [0.1, 0.15) is 18.1 Å². The Morgan fingerprint density at radius 1 is 1.14 bits per heavy atom. The molecule has 1 heterocycles. The van der Waals surface area contributed by atoms with E-state index in [-0.39, 0.29) is 23.0 Å². The van der Waals surface area contributed by atoms with Gasteiger partial charge in [0, 0.05) is 5.56 Å². The maximum absolute atomic E-state index is 13.3. The van der Waals surface area contributed by atoms with Crippen LogP contribution in [0.5, 0.6) is 11.5 Å². The first-order valence-electron chi connectivity index (χ1n) is 11.0. The summed E-state index contributed by atoms with van der Waals surface area (Å²) < 4.78 is 6.86. The van der Waals surface area contributed by atoms with Crippen molar-refractivity contribution in [3.63, 3.8) is 0 Å².